The summed E-state index contributed by atoms with van der Waals surface area (Å²) in [5, 5.41) is 7.93. The molecule has 5 heteroatoms. The molecule has 1 saturated carbocycles. The number of amides is 1. The molecule has 1 amide bonds. The second-order valence-electron chi connectivity index (χ2n) is 7.88. The Balaban J connectivity index is 1.74. The molecule has 2 aliphatic rings. The molecule has 2 bridgehead atoms. The number of carbonyl (C=O) groups excluding carboxylic acids is 1. The van der Waals surface area contributed by atoms with Gasteiger partial charge in [-0.15, -0.1) is 0 Å². The molecule has 26 heavy (non-hydrogen) atoms. The summed E-state index contributed by atoms with van der Waals surface area (Å²) >= 11 is 6.27. The summed E-state index contributed by atoms with van der Waals surface area (Å²) in [6.07, 6.45) is 7.23. The average Bonchev–Trinajstić information content (AvgIpc) is 3.22. The van der Waals surface area contributed by atoms with E-state index in [2.05, 4.69) is 42.5 Å². The van der Waals surface area contributed by atoms with Crippen molar-refractivity contribution in [3.05, 3.63) is 51.8 Å². The van der Waals surface area contributed by atoms with E-state index in [0.717, 1.165) is 19.3 Å². The maximum absolute atomic E-state index is 13.1. The minimum Gasteiger partial charge on any atom is -0.342 e. The highest BCUT2D eigenvalue weighted by molar-refractivity contribution is 6.32. The lowest BCUT2D eigenvalue weighted by atomic mass is 9.81. The second kappa shape index (κ2) is 6.41. The predicted octanol–water partition coefficient (Wildman–Crippen LogP) is 4.70. The van der Waals surface area contributed by atoms with Crippen LogP contribution >= 0.6 is 11.6 Å². The van der Waals surface area contributed by atoms with E-state index in [1.807, 2.05) is 0 Å². The van der Waals surface area contributed by atoms with Crippen molar-refractivity contribution in [3.8, 4) is 0 Å². The standard InChI is InChI=1S/C21H26ClN3O/c1-4-5-6-17-15-9-10-21(17,18-11-13(2)7-8-14(15)18)24-20(26)16-12-23-25(3)19(16)22/h7-8,11-12,15,17H,4-6,9-10H2,1-3H3,(H,24,26). The van der Waals surface area contributed by atoms with Gasteiger partial charge in [0.2, 0.25) is 0 Å². The number of hydrogen-bond acceptors (Lipinski definition) is 2. The Hall–Kier alpha value is -1.81. The van der Waals surface area contributed by atoms with Crippen LogP contribution in [0.25, 0.3) is 0 Å². The summed E-state index contributed by atoms with van der Waals surface area (Å²) in [5.74, 6) is 0.917. The molecule has 0 spiro atoms. The number of benzene rings is 1. The van der Waals surface area contributed by atoms with Gasteiger partial charge in [-0.2, -0.15) is 5.10 Å². The minimum atomic E-state index is -0.266. The van der Waals surface area contributed by atoms with Crippen LogP contribution in [0.2, 0.25) is 5.15 Å². The number of unbranched alkanes of at least 4 members (excludes halogenated alkanes) is 1. The number of carbonyl (C=O) groups is 1. The van der Waals surface area contributed by atoms with E-state index in [1.165, 1.54) is 34.2 Å². The van der Waals surface area contributed by atoms with Crippen molar-refractivity contribution in [1.82, 2.24) is 15.1 Å². The van der Waals surface area contributed by atoms with E-state index in [4.69, 9.17) is 11.6 Å². The van der Waals surface area contributed by atoms with Crippen LogP contribution in [0.4, 0.5) is 0 Å². The van der Waals surface area contributed by atoms with Crippen LogP contribution in [0, 0.1) is 12.8 Å². The van der Waals surface area contributed by atoms with Gasteiger partial charge in [0.25, 0.3) is 5.91 Å². The molecule has 1 aromatic heterocycles. The van der Waals surface area contributed by atoms with Crippen molar-refractivity contribution in [2.24, 2.45) is 13.0 Å². The quantitative estimate of drug-likeness (QED) is 0.827. The van der Waals surface area contributed by atoms with Gasteiger partial charge in [-0.1, -0.05) is 55.1 Å². The van der Waals surface area contributed by atoms with Gasteiger partial charge in [-0.05, 0) is 49.1 Å². The second-order valence-corrected chi connectivity index (χ2v) is 8.24. The van der Waals surface area contributed by atoms with Crippen molar-refractivity contribution in [3.63, 3.8) is 0 Å². The Bertz CT molecular complexity index is 859. The fourth-order valence-electron chi connectivity index (χ4n) is 5.14. The van der Waals surface area contributed by atoms with Crippen LogP contribution in [-0.2, 0) is 12.6 Å². The number of nitrogens with zero attached hydrogens (tertiary/aromatic N) is 2. The molecule has 2 aromatic rings. The van der Waals surface area contributed by atoms with Gasteiger partial charge in [0.1, 0.15) is 5.15 Å². The van der Waals surface area contributed by atoms with Crippen LogP contribution < -0.4 is 5.32 Å². The molecular formula is C21H26ClN3O. The van der Waals surface area contributed by atoms with Crippen LogP contribution in [0.1, 0.15) is 72.0 Å². The Morgan fingerprint density at radius 2 is 2.27 bits per heavy atom. The van der Waals surface area contributed by atoms with Gasteiger partial charge >= 0.3 is 0 Å². The Kier molecular flexibility index (Phi) is 4.34. The van der Waals surface area contributed by atoms with Crippen molar-refractivity contribution < 1.29 is 4.79 Å². The smallest absolute Gasteiger partial charge is 0.256 e. The predicted molar refractivity (Wildman–Crippen MR) is 104 cm³/mol. The lowest BCUT2D eigenvalue weighted by Gasteiger charge is -2.35. The van der Waals surface area contributed by atoms with Crippen molar-refractivity contribution in [2.75, 3.05) is 0 Å². The fourth-order valence-corrected chi connectivity index (χ4v) is 5.32. The van der Waals surface area contributed by atoms with E-state index in [-0.39, 0.29) is 11.4 Å². The summed E-state index contributed by atoms with van der Waals surface area (Å²) in [7, 11) is 1.75. The summed E-state index contributed by atoms with van der Waals surface area (Å²) in [4.78, 5) is 13.1. The van der Waals surface area contributed by atoms with Gasteiger partial charge < -0.3 is 5.32 Å². The third-order valence-corrected chi connectivity index (χ3v) is 6.82. The number of aryl methyl sites for hydroxylation is 2. The summed E-state index contributed by atoms with van der Waals surface area (Å²) in [5.41, 5.74) is 4.20. The van der Waals surface area contributed by atoms with E-state index in [1.54, 1.807) is 13.2 Å². The average molecular weight is 372 g/mol. The third kappa shape index (κ3) is 2.50. The molecule has 0 aliphatic heterocycles. The molecule has 4 nitrogen and oxygen atoms in total. The highest BCUT2D eigenvalue weighted by Gasteiger charge is 2.57. The van der Waals surface area contributed by atoms with Gasteiger partial charge in [-0.25, -0.2) is 0 Å². The van der Waals surface area contributed by atoms with E-state index < -0.39 is 0 Å². The number of fused-ring (bicyclic) bond motifs is 5. The van der Waals surface area contributed by atoms with Crippen molar-refractivity contribution in [1.29, 1.82) is 0 Å². The number of halogens is 1. The first-order chi connectivity index (χ1) is 12.5. The molecule has 4 rings (SSSR count). The van der Waals surface area contributed by atoms with Crippen molar-refractivity contribution >= 4 is 17.5 Å². The van der Waals surface area contributed by atoms with Gasteiger partial charge in [-0.3, -0.25) is 9.48 Å². The number of rotatable bonds is 5. The zero-order chi connectivity index (χ0) is 18.5. The maximum atomic E-state index is 13.1. The van der Waals surface area contributed by atoms with Crippen LogP contribution in [0.5, 0.6) is 0 Å². The van der Waals surface area contributed by atoms with Gasteiger partial charge in [0, 0.05) is 7.05 Å². The Labute approximate surface area is 159 Å². The monoisotopic (exact) mass is 371 g/mol. The highest BCUT2D eigenvalue weighted by Crippen LogP contribution is 2.61. The van der Waals surface area contributed by atoms with Crippen molar-refractivity contribution in [2.45, 2.75) is 57.4 Å². The number of aromatic nitrogens is 2. The molecule has 1 fully saturated rings. The SMILES string of the molecule is CCCCC1C2CCC1(NC(=O)c1cnn(C)c1Cl)c1cc(C)ccc12. The topological polar surface area (TPSA) is 46.9 Å². The number of nitrogens with one attached hydrogen (secondary N) is 1. The lowest BCUT2D eigenvalue weighted by molar-refractivity contribution is 0.0868. The molecule has 1 N–H and O–H groups in total. The van der Waals surface area contributed by atoms with Gasteiger partial charge in [0.05, 0.1) is 17.3 Å². The molecule has 3 unspecified atom stereocenters. The molecule has 138 valence electrons. The molecule has 0 radical (unpaired) electrons. The third-order valence-electron chi connectivity index (χ3n) is 6.37. The largest absolute Gasteiger partial charge is 0.342 e. The molecular weight excluding hydrogens is 346 g/mol. The van der Waals surface area contributed by atoms with Crippen LogP contribution in [-0.4, -0.2) is 15.7 Å². The molecule has 0 saturated heterocycles. The van der Waals surface area contributed by atoms with Gasteiger partial charge in [0.15, 0.2) is 0 Å². The summed E-state index contributed by atoms with van der Waals surface area (Å²) in [6, 6.07) is 6.75. The Morgan fingerprint density at radius 3 is 2.96 bits per heavy atom. The van der Waals surface area contributed by atoms with E-state index in [0.29, 0.717) is 22.6 Å². The molecule has 1 heterocycles. The van der Waals surface area contributed by atoms with E-state index >= 15 is 0 Å². The highest BCUT2D eigenvalue weighted by atomic mass is 35.5. The fraction of sp³-hybridized carbons (Fsp3) is 0.524. The number of hydrogen-bond donors (Lipinski definition) is 1. The normalized spacial score (nSPS) is 26.2. The first-order valence-corrected chi connectivity index (χ1v) is 9.96. The maximum Gasteiger partial charge on any atom is 0.256 e. The molecule has 3 atom stereocenters. The molecule has 1 aromatic carbocycles. The molecule has 2 aliphatic carbocycles. The van der Waals surface area contributed by atoms with Crippen LogP contribution in [0.15, 0.2) is 24.4 Å². The zero-order valence-corrected chi connectivity index (χ0v) is 16.4. The minimum absolute atomic E-state index is 0.111. The zero-order valence-electron chi connectivity index (χ0n) is 15.7. The van der Waals surface area contributed by atoms with E-state index in [9.17, 15) is 4.79 Å². The van der Waals surface area contributed by atoms with Crippen LogP contribution in [0.3, 0.4) is 0 Å². The summed E-state index contributed by atoms with van der Waals surface area (Å²) < 4.78 is 1.53. The lowest BCUT2D eigenvalue weighted by Crippen LogP contribution is -2.47. The first-order valence-electron chi connectivity index (χ1n) is 9.59. The Morgan fingerprint density at radius 1 is 1.46 bits per heavy atom. The summed E-state index contributed by atoms with van der Waals surface area (Å²) in [6.45, 7) is 4.36. The first kappa shape index (κ1) is 17.6.